The van der Waals surface area contributed by atoms with Gasteiger partial charge in [-0.15, -0.1) is 0 Å². The molecule has 0 bridgehead atoms. The topological polar surface area (TPSA) is 15.3 Å². The lowest BCUT2D eigenvalue weighted by molar-refractivity contribution is 0.309. The van der Waals surface area contributed by atoms with Gasteiger partial charge in [0.1, 0.15) is 0 Å². The van der Waals surface area contributed by atoms with Gasteiger partial charge < -0.3 is 10.2 Å². The maximum absolute atomic E-state index is 3.62. The number of hydrogen-bond donors (Lipinski definition) is 1. The Morgan fingerprint density at radius 1 is 1.15 bits per heavy atom. The Hall–Kier alpha value is -1.32. The van der Waals surface area contributed by atoms with E-state index in [4.69, 9.17) is 0 Å². The summed E-state index contributed by atoms with van der Waals surface area (Å²) >= 11 is 3.62. The Kier molecular flexibility index (Phi) is 4.08. The molecule has 104 valence electrons. The van der Waals surface area contributed by atoms with Gasteiger partial charge in [0.2, 0.25) is 0 Å². The van der Waals surface area contributed by atoms with E-state index in [1.807, 2.05) is 0 Å². The number of nitrogens with one attached hydrogen (secondary N) is 1. The van der Waals surface area contributed by atoms with Crippen LogP contribution in [0.3, 0.4) is 0 Å². The second kappa shape index (κ2) is 5.98. The van der Waals surface area contributed by atoms with Crippen molar-refractivity contribution in [3.05, 3.63) is 64.1 Å². The van der Waals surface area contributed by atoms with Crippen LogP contribution in [0.5, 0.6) is 0 Å². The standard InChI is InChI=1S/C17H19BrN2/c1-20(11-13-6-2-4-8-16(13)18)12-14-10-19-17-9-5-3-7-15(14)17/h2-9,14,19H,10-12H2,1H3. The van der Waals surface area contributed by atoms with Gasteiger partial charge in [0, 0.05) is 35.7 Å². The zero-order valence-electron chi connectivity index (χ0n) is 11.6. The van der Waals surface area contributed by atoms with Crippen LogP contribution < -0.4 is 5.32 Å². The summed E-state index contributed by atoms with van der Waals surface area (Å²) in [6.07, 6.45) is 0. The van der Waals surface area contributed by atoms with Crippen LogP contribution in [0.2, 0.25) is 0 Å². The van der Waals surface area contributed by atoms with E-state index in [0.29, 0.717) is 5.92 Å². The molecule has 1 aliphatic rings. The molecule has 0 aliphatic carbocycles. The van der Waals surface area contributed by atoms with Crippen molar-refractivity contribution in [1.29, 1.82) is 0 Å². The Bertz CT molecular complexity index is 597. The number of para-hydroxylation sites is 1. The van der Waals surface area contributed by atoms with Crippen LogP contribution >= 0.6 is 15.9 Å². The van der Waals surface area contributed by atoms with Crippen molar-refractivity contribution >= 4 is 21.6 Å². The zero-order chi connectivity index (χ0) is 13.9. The highest BCUT2D eigenvalue weighted by atomic mass is 79.9. The number of hydrogen-bond acceptors (Lipinski definition) is 2. The summed E-state index contributed by atoms with van der Waals surface area (Å²) in [6.45, 7) is 3.09. The molecular weight excluding hydrogens is 312 g/mol. The van der Waals surface area contributed by atoms with E-state index in [9.17, 15) is 0 Å². The number of nitrogens with zero attached hydrogens (tertiary/aromatic N) is 1. The Labute approximate surface area is 128 Å². The lowest BCUT2D eigenvalue weighted by atomic mass is 10.0. The number of likely N-dealkylation sites (N-methyl/N-ethyl adjacent to an activating group) is 1. The minimum absolute atomic E-state index is 0.582. The van der Waals surface area contributed by atoms with Crippen LogP contribution in [0.15, 0.2) is 53.0 Å². The summed E-state index contributed by atoms with van der Waals surface area (Å²) in [5, 5.41) is 3.49. The Balaban J connectivity index is 1.66. The number of rotatable bonds is 4. The summed E-state index contributed by atoms with van der Waals surface area (Å²) in [5.74, 6) is 0.582. The summed E-state index contributed by atoms with van der Waals surface area (Å²) in [7, 11) is 2.19. The first-order valence-electron chi connectivity index (χ1n) is 6.99. The van der Waals surface area contributed by atoms with E-state index >= 15 is 0 Å². The van der Waals surface area contributed by atoms with Crippen molar-refractivity contribution in [2.45, 2.75) is 12.5 Å². The lowest BCUT2D eigenvalue weighted by Crippen LogP contribution is -2.25. The van der Waals surface area contributed by atoms with Crippen LogP contribution in [0, 0.1) is 0 Å². The largest absolute Gasteiger partial charge is 0.384 e. The number of anilines is 1. The molecule has 20 heavy (non-hydrogen) atoms. The molecular formula is C17H19BrN2. The second-order valence-corrected chi connectivity index (χ2v) is 6.31. The van der Waals surface area contributed by atoms with Gasteiger partial charge in [0.15, 0.2) is 0 Å². The van der Waals surface area contributed by atoms with Crippen LogP contribution in [0.25, 0.3) is 0 Å². The van der Waals surface area contributed by atoms with E-state index in [1.165, 1.54) is 21.3 Å². The fourth-order valence-corrected chi connectivity index (χ4v) is 3.29. The van der Waals surface area contributed by atoms with Crippen LogP contribution in [-0.4, -0.2) is 25.0 Å². The van der Waals surface area contributed by atoms with E-state index in [0.717, 1.165) is 19.6 Å². The lowest BCUT2D eigenvalue weighted by Gasteiger charge is -2.21. The molecule has 0 saturated carbocycles. The number of benzene rings is 2. The van der Waals surface area contributed by atoms with Crippen molar-refractivity contribution in [1.82, 2.24) is 4.90 Å². The maximum Gasteiger partial charge on any atom is 0.0376 e. The molecule has 3 rings (SSSR count). The smallest absolute Gasteiger partial charge is 0.0376 e. The molecule has 0 spiro atoms. The molecule has 1 unspecified atom stereocenters. The molecule has 0 saturated heterocycles. The van der Waals surface area contributed by atoms with Crippen molar-refractivity contribution < 1.29 is 0 Å². The fraction of sp³-hybridized carbons (Fsp3) is 0.294. The molecule has 0 amide bonds. The van der Waals surface area contributed by atoms with E-state index < -0.39 is 0 Å². The summed E-state index contributed by atoms with van der Waals surface area (Å²) in [6, 6.07) is 17.1. The quantitative estimate of drug-likeness (QED) is 0.908. The summed E-state index contributed by atoms with van der Waals surface area (Å²) in [5.41, 5.74) is 4.09. The minimum Gasteiger partial charge on any atom is -0.384 e. The molecule has 0 radical (unpaired) electrons. The third-order valence-corrected chi connectivity index (χ3v) is 4.64. The minimum atomic E-state index is 0.582. The molecule has 2 aromatic carbocycles. The zero-order valence-corrected chi connectivity index (χ0v) is 13.2. The van der Waals surface area contributed by atoms with Gasteiger partial charge in [0.05, 0.1) is 0 Å². The van der Waals surface area contributed by atoms with Crippen molar-refractivity contribution in [3.63, 3.8) is 0 Å². The average molecular weight is 331 g/mol. The van der Waals surface area contributed by atoms with Crippen molar-refractivity contribution in [2.75, 3.05) is 25.5 Å². The molecule has 1 aliphatic heterocycles. The van der Waals surface area contributed by atoms with Crippen LogP contribution in [0.4, 0.5) is 5.69 Å². The van der Waals surface area contributed by atoms with Gasteiger partial charge in [-0.2, -0.15) is 0 Å². The first-order valence-corrected chi connectivity index (χ1v) is 7.78. The highest BCUT2D eigenvalue weighted by molar-refractivity contribution is 9.10. The number of fused-ring (bicyclic) bond motifs is 1. The Morgan fingerprint density at radius 2 is 1.90 bits per heavy atom. The Morgan fingerprint density at radius 3 is 2.75 bits per heavy atom. The highest BCUT2D eigenvalue weighted by Gasteiger charge is 2.22. The van der Waals surface area contributed by atoms with Crippen molar-refractivity contribution in [2.24, 2.45) is 0 Å². The van der Waals surface area contributed by atoms with Gasteiger partial charge in [-0.05, 0) is 30.3 Å². The van der Waals surface area contributed by atoms with Crippen molar-refractivity contribution in [3.8, 4) is 0 Å². The maximum atomic E-state index is 3.62. The SMILES string of the molecule is CN(Cc1ccccc1Br)CC1CNc2ccccc21. The molecule has 2 nitrogen and oxygen atoms in total. The normalized spacial score (nSPS) is 17.1. The predicted octanol–water partition coefficient (Wildman–Crippen LogP) is 4.09. The third-order valence-electron chi connectivity index (χ3n) is 3.87. The average Bonchev–Trinajstić information content (AvgIpc) is 2.85. The molecule has 1 atom stereocenters. The monoisotopic (exact) mass is 330 g/mol. The molecule has 0 fully saturated rings. The number of halogens is 1. The first-order chi connectivity index (χ1) is 9.74. The fourth-order valence-electron chi connectivity index (χ4n) is 2.88. The molecule has 3 heteroatoms. The molecule has 1 N–H and O–H groups in total. The molecule has 0 aromatic heterocycles. The van der Waals surface area contributed by atoms with E-state index in [-0.39, 0.29) is 0 Å². The molecule has 2 aromatic rings. The van der Waals surface area contributed by atoms with Gasteiger partial charge in [-0.1, -0.05) is 52.3 Å². The third kappa shape index (κ3) is 2.89. The van der Waals surface area contributed by atoms with E-state index in [1.54, 1.807) is 0 Å². The summed E-state index contributed by atoms with van der Waals surface area (Å²) in [4.78, 5) is 2.40. The molecule has 1 heterocycles. The second-order valence-electron chi connectivity index (χ2n) is 5.45. The van der Waals surface area contributed by atoms with Gasteiger partial charge in [-0.3, -0.25) is 0 Å². The van der Waals surface area contributed by atoms with E-state index in [2.05, 4.69) is 81.7 Å². The van der Waals surface area contributed by atoms with Gasteiger partial charge in [-0.25, -0.2) is 0 Å². The summed E-state index contributed by atoms with van der Waals surface area (Å²) < 4.78 is 1.19. The van der Waals surface area contributed by atoms with Gasteiger partial charge in [0.25, 0.3) is 0 Å². The van der Waals surface area contributed by atoms with Crippen LogP contribution in [-0.2, 0) is 6.54 Å². The van der Waals surface area contributed by atoms with Gasteiger partial charge >= 0.3 is 0 Å². The van der Waals surface area contributed by atoms with Crippen LogP contribution in [0.1, 0.15) is 17.0 Å². The predicted molar refractivity (Wildman–Crippen MR) is 88.1 cm³/mol. The first kappa shape index (κ1) is 13.7. The highest BCUT2D eigenvalue weighted by Crippen LogP contribution is 2.31.